The van der Waals surface area contributed by atoms with Gasteiger partial charge in [-0.1, -0.05) is 77.3 Å². The minimum Gasteiger partial charge on any atom is -0.256 e. The van der Waals surface area contributed by atoms with E-state index in [1.165, 1.54) is 0 Å². The smallest absolute Gasteiger partial charge is 0.0846 e. The number of hydrazone groups is 1. The monoisotopic (exact) mass is 400 g/mol. The minimum absolute atomic E-state index is 0.0192. The molecule has 0 spiro atoms. The van der Waals surface area contributed by atoms with Crippen LogP contribution in [0.2, 0.25) is 15.1 Å². The van der Waals surface area contributed by atoms with Gasteiger partial charge >= 0.3 is 0 Å². The van der Waals surface area contributed by atoms with E-state index in [-0.39, 0.29) is 6.04 Å². The fraction of sp³-hybridized carbons (Fsp3) is 0.0952. The van der Waals surface area contributed by atoms with Gasteiger partial charge in [0.2, 0.25) is 0 Å². The van der Waals surface area contributed by atoms with Gasteiger partial charge in [0.05, 0.1) is 22.5 Å². The fourth-order valence-corrected chi connectivity index (χ4v) is 3.78. The normalized spacial score (nSPS) is 16.7. The zero-order valence-corrected chi connectivity index (χ0v) is 16.0. The molecule has 4 rings (SSSR count). The molecule has 0 unspecified atom stereocenters. The van der Waals surface area contributed by atoms with Crippen LogP contribution in [0.15, 0.2) is 77.9 Å². The zero-order valence-electron chi connectivity index (χ0n) is 13.7. The highest BCUT2D eigenvalue weighted by molar-refractivity contribution is 6.33. The molecule has 0 aromatic heterocycles. The molecule has 1 aliphatic rings. The van der Waals surface area contributed by atoms with Gasteiger partial charge in [-0.15, -0.1) is 0 Å². The predicted octanol–water partition coefficient (Wildman–Crippen LogP) is 7.00. The summed E-state index contributed by atoms with van der Waals surface area (Å²) < 4.78 is 0. The van der Waals surface area contributed by atoms with Gasteiger partial charge in [-0.25, -0.2) is 0 Å². The number of nitrogens with zero attached hydrogens (tertiary/aromatic N) is 2. The third-order valence-electron chi connectivity index (χ3n) is 4.45. The molecule has 0 bridgehead atoms. The van der Waals surface area contributed by atoms with E-state index in [1.807, 2.05) is 77.8 Å². The van der Waals surface area contributed by atoms with E-state index >= 15 is 0 Å². The molecule has 0 fully saturated rings. The number of benzene rings is 3. The molecular formula is C21H15Cl3N2. The average Bonchev–Trinajstić information content (AvgIpc) is 3.08. The van der Waals surface area contributed by atoms with E-state index in [2.05, 4.69) is 0 Å². The summed E-state index contributed by atoms with van der Waals surface area (Å²) in [4.78, 5) is 0. The first-order valence-electron chi connectivity index (χ1n) is 8.25. The van der Waals surface area contributed by atoms with Crippen molar-refractivity contribution in [3.8, 4) is 0 Å². The van der Waals surface area contributed by atoms with Crippen LogP contribution in [0.25, 0.3) is 0 Å². The Bertz CT molecular complexity index is 967. The van der Waals surface area contributed by atoms with Gasteiger partial charge in [0.25, 0.3) is 0 Å². The zero-order chi connectivity index (χ0) is 18.1. The number of rotatable bonds is 3. The molecule has 0 aliphatic carbocycles. The van der Waals surface area contributed by atoms with Crippen molar-refractivity contribution in [3.63, 3.8) is 0 Å². The van der Waals surface area contributed by atoms with Crippen LogP contribution in [0.1, 0.15) is 23.6 Å². The second kappa shape index (κ2) is 7.32. The van der Waals surface area contributed by atoms with Gasteiger partial charge in [-0.05, 0) is 41.5 Å². The van der Waals surface area contributed by atoms with Crippen LogP contribution in [-0.4, -0.2) is 5.71 Å². The molecule has 26 heavy (non-hydrogen) atoms. The molecule has 0 saturated heterocycles. The molecule has 130 valence electrons. The Morgan fingerprint density at radius 2 is 1.42 bits per heavy atom. The van der Waals surface area contributed by atoms with Crippen molar-refractivity contribution in [2.75, 3.05) is 5.01 Å². The van der Waals surface area contributed by atoms with Crippen LogP contribution < -0.4 is 5.01 Å². The summed E-state index contributed by atoms with van der Waals surface area (Å²) >= 11 is 19.0. The summed E-state index contributed by atoms with van der Waals surface area (Å²) in [6, 6.07) is 23.3. The minimum atomic E-state index is -0.0192. The van der Waals surface area contributed by atoms with Gasteiger partial charge in [-0.2, -0.15) is 5.10 Å². The van der Waals surface area contributed by atoms with Crippen molar-refractivity contribution in [1.29, 1.82) is 0 Å². The molecule has 1 aliphatic heterocycles. The summed E-state index contributed by atoms with van der Waals surface area (Å²) in [5.41, 5.74) is 3.91. The Labute approximate surface area is 167 Å². The van der Waals surface area contributed by atoms with Crippen molar-refractivity contribution < 1.29 is 0 Å². The van der Waals surface area contributed by atoms with Gasteiger partial charge < -0.3 is 0 Å². The van der Waals surface area contributed by atoms with Crippen molar-refractivity contribution in [1.82, 2.24) is 0 Å². The quantitative estimate of drug-likeness (QED) is 0.461. The standard InChI is InChI=1S/C21H15Cl3N2/c22-15-11-9-14(10-12-15)19-13-21(16-5-1-2-6-17(16)23)26(25-19)20-8-4-3-7-18(20)24/h1-12,21H,13H2/t21-/m0/s1. The predicted molar refractivity (Wildman–Crippen MR) is 111 cm³/mol. The topological polar surface area (TPSA) is 15.6 Å². The fourth-order valence-electron chi connectivity index (χ4n) is 3.17. The molecule has 1 atom stereocenters. The van der Waals surface area contributed by atoms with Gasteiger partial charge in [0.1, 0.15) is 0 Å². The van der Waals surface area contributed by atoms with E-state index in [1.54, 1.807) is 0 Å². The average molecular weight is 402 g/mol. The lowest BCUT2D eigenvalue weighted by atomic mass is 9.98. The summed E-state index contributed by atoms with van der Waals surface area (Å²) in [5.74, 6) is 0. The van der Waals surface area contributed by atoms with Crippen molar-refractivity contribution >= 4 is 46.2 Å². The molecule has 3 aromatic rings. The van der Waals surface area contributed by atoms with Crippen molar-refractivity contribution in [2.45, 2.75) is 12.5 Å². The molecule has 0 saturated carbocycles. The lowest BCUT2D eigenvalue weighted by Crippen LogP contribution is -2.19. The Morgan fingerprint density at radius 1 is 0.769 bits per heavy atom. The maximum Gasteiger partial charge on any atom is 0.0846 e. The highest BCUT2D eigenvalue weighted by Gasteiger charge is 2.32. The van der Waals surface area contributed by atoms with Crippen molar-refractivity contribution in [2.24, 2.45) is 5.10 Å². The molecule has 0 radical (unpaired) electrons. The van der Waals surface area contributed by atoms with Crippen molar-refractivity contribution in [3.05, 3.63) is 99.0 Å². The molecule has 0 N–H and O–H groups in total. The van der Waals surface area contributed by atoms with Gasteiger partial charge in [-0.3, -0.25) is 5.01 Å². The SMILES string of the molecule is Clc1ccc(C2=NN(c3ccccc3Cl)[C@H](c3ccccc3Cl)C2)cc1. The van der Waals surface area contributed by atoms with E-state index in [9.17, 15) is 0 Å². The first kappa shape index (κ1) is 17.4. The van der Waals surface area contributed by atoms with E-state index < -0.39 is 0 Å². The van der Waals surface area contributed by atoms with Gasteiger partial charge in [0.15, 0.2) is 0 Å². The molecule has 0 amide bonds. The van der Waals surface area contributed by atoms with Crippen LogP contribution in [0, 0.1) is 0 Å². The maximum atomic E-state index is 6.48. The van der Waals surface area contributed by atoms with Gasteiger partial charge in [0, 0.05) is 16.5 Å². The molecule has 2 nitrogen and oxygen atoms in total. The molecular weight excluding hydrogens is 387 g/mol. The number of hydrogen-bond acceptors (Lipinski definition) is 2. The third kappa shape index (κ3) is 3.33. The third-order valence-corrected chi connectivity index (χ3v) is 5.37. The Morgan fingerprint density at radius 3 is 2.12 bits per heavy atom. The lowest BCUT2D eigenvalue weighted by molar-refractivity contribution is 0.709. The summed E-state index contributed by atoms with van der Waals surface area (Å²) in [6.07, 6.45) is 0.733. The number of anilines is 1. The van der Waals surface area contributed by atoms with Crippen LogP contribution in [-0.2, 0) is 0 Å². The Hall–Kier alpha value is -2.00. The molecule has 3 aromatic carbocycles. The Kier molecular flexibility index (Phi) is 4.90. The summed E-state index contributed by atoms with van der Waals surface area (Å²) in [7, 11) is 0. The first-order valence-corrected chi connectivity index (χ1v) is 9.38. The van der Waals surface area contributed by atoms with Crippen LogP contribution in [0.3, 0.4) is 0 Å². The summed E-state index contributed by atoms with van der Waals surface area (Å²) in [5, 5.41) is 8.94. The lowest BCUT2D eigenvalue weighted by Gasteiger charge is -2.25. The second-order valence-electron chi connectivity index (χ2n) is 6.09. The largest absolute Gasteiger partial charge is 0.256 e. The highest BCUT2D eigenvalue weighted by atomic mass is 35.5. The van der Waals surface area contributed by atoms with Crippen LogP contribution in [0.4, 0.5) is 5.69 Å². The van der Waals surface area contributed by atoms with Crippen LogP contribution in [0.5, 0.6) is 0 Å². The summed E-state index contributed by atoms with van der Waals surface area (Å²) in [6.45, 7) is 0. The van der Waals surface area contributed by atoms with Crippen LogP contribution >= 0.6 is 34.8 Å². The Balaban J connectivity index is 1.80. The first-order chi connectivity index (χ1) is 12.6. The number of hydrogen-bond donors (Lipinski definition) is 0. The molecule has 1 heterocycles. The van der Waals surface area contributed by atoms with E-state index in [0.717, 1.165) is 34.0 Å². The van der Waals surface area contributed by atoms with E-state index in [4.69, 9.17) is 39.9 Å². The number of para-hydroxylation sites is 1. The van der Waals surface area contributed by atoms with E-state index in [0.29, 0.717) is 10.0 Å². The highest BCUT2D eigenvalue weighted by Crippen LogP contribution is 2.41. The molecule has 5 heteroatoms. The number of halogens is 3. The maximum absolute atomic E-state index is 6.48. The second-order valence-corrected chi connectivity index (χ2v) is 7.34.